The molecule has 68 heavy (non-hydrogen) atoms. The number of esters is 1. The highest BCUT2D eigenvalue weighted by Crippen LogP contribution is 2.18. The lowest BCUT2D eigenvalue weighted by molar-refractivity contribution is -0.150. The fourth-order valence-electron chi connectivity index (χ4n) is 9.12. The van der Waals surface area contributed by atoms with E-state index in [2.05, 4.69) is 68.6 Å². The average Bonchev–Trinajstić information content (AvgIpc) is 3.33. The van der Waals surface area contributed by atoms with Crippen molar-refractivity contribution in [2.75, 3.05) is 6.61 Å². The van der Waals surface area contributed by atoms with E-state index in [4.69, 9.17) is 4.74 Å². The molecule has 0 aliphatic rings. The van der Waals surface area contributed by atoms with Crippen LogP contribution >= 0.6 is 0 Å². The number of aliphatic hydroxyl groups is 2. The largest absolute Gasteiger partial charge is 0.461 e. The molecule has 0 heterocycles. The van der Waals surface area contributed by atoms with Crippen LogP contribution in [0.1, 0.15) is 310 Å². The molecular weight excluding hydrogens is 839 g/mol. The molecule has 0 aromatic rings. The molecule has 1 amide bonds. The number of unbranched alkanes of at least 4 members (excludes halogenated alkanes) is 35. The predicted octanol–water partition coefficient (Wildman–Crippen LogP) is 18.6. The van der Waals surface area contributed by atoms with Gasteiger partial charge in [0, 0.05) is 12.8 Å². The zero-order chi connectivity index (χ0) is 49.5. The molecule has 3 N–H and O–H groups in total. The van der Waals surface area contributed by atoms with Gasteiger partial charge in [0.2, 0.25) is 5.91 Å². The maximum atomic E-state index is 13.3. The molecule has 0 fully saturated rings. The van der Waals surface area contributed by atoms with Crippen LogP contribution in [0.25, 0.3) is 0 Å². The van der Waals surface area contributed by atoms with Crippen molar-refractivity contribution in [3.05, 3.63) is 48.6 Å². The van der Waals surface area contributed by atoms with Crippen molar-refractivity contribution in [1.82, 2.24) is 5.32 Å². The standard InChI is InChI=1S/C62H115NO5/c1-4-7-10-13-16-19-22-25-28-30-31-34-37-40-43-46-49-52-55-62(67)68-58(53-50-47-44-41-38-35-32-27-24-21-18-15-12-9-6-3)56-61(66)63-59(57-64)60(65)54-51-48-45-42-39-36-33-29-26-23-20-17-14-11-8-5-2/h18,21,27,32,38,41,47,50,58-60,64-65H,4-17,19-20,22-26,28-31,33-37,39-40,42-46,48-49,51-57H2,1-3H3,(H,63,66)/b21-18-,32-27-,41-38-,50-47-. The number of hydrogen-bond acceptors (Lipinski definition) is 5. The Morgan fingerprint density at radius 2 is 0.779 bits per heavy atom. The van der Waals surface area contributed by atoms with Gasteiger partial charge in [-0.2, -0.15) is 0 Å². The molecule has 0 bridgehead atoms. The number of allylic oxidation sites excluding steroid dienone is 7. The SMILES string of the molecule is CCCCC/C=C\C/C=C\C/C=C\C/C=C\CC(CC(=O)NC(CO)C(O)CCCCCCCCCCCCCCCCCC)OC(=O)CCCCCCCCCCCCCCCCCCCC. The second-order valence-electron chi connectivity index (χ2n) is 20.4. The number of nitrogens with one attached hydrogen (secondary N) is 1. The third-order valence-electron chi connectivity index (χ3n) is 13.7. The molecule has 0 saturated carbocycles. The Morgan fingerprint density at radius 1 is 0.441 bits per heavy atom. The zero-order valence-electron chi connectivity index (χ0n) is 45.5. The van der Waals surface area contributed by atoms with Crippen molar-refractivity contribution in [1.29, 1.82) is 0 Å². The summed E-state index contributed by atoms with van der Waals surface area (Å²) >= 11 is 0. The quantitative estimate of drug-likeness (QED) is 0.0321. The van der Waals surface area contributed by atoms with Crippen molar-refractivity contribution in [2.24, 2.45) is 0 Å². The van der Waals surface area contributed by atoms with Gasteiger partial charge in [0.25, 0.3) is 0 Å². The first-order chi connectivity index (χ1) is 33.5. The Morgan fingerprint density at radius 3 is 1.18 bits per heavy atom. The normalized spacial score (nSPS) is 13.4. The first-order valence-corrected chi connectivity index (χ1v) is 29.9. The van der Waals surface area contributed by atoms with E-state index >= 15 is 0 Å². The van der Waals surface area contributed by atoms with Crippen LogP contribution in [0.3, 0.4) is 0 Å². The van der Waals surface area contributed by atoms with Gasteiger partial charge in [-0.25, -0.2) is 0 Å². The smallest absolute Gasteiger partial charge is 0.306 e. The predicted molar refractivity (Wildman–Crippen MR) is 296 cm³/mol. The molecule has 3 atom stereocenters. The van der Waals surface area contributed by atoms with E-state index in [1.165, 1.54) is 205 Å². The first-order valence-electron chi connectivity index (χ1n) is 29.9. The molecule has 0 aromatic carbocycles. The number of rotatable bonds is 54. The topological polar surface area (TPSA) is 95.9 Å². The van der Waals surface area contributed by atoms with Crippen LogP contribution < -0.4 is 5.32 Å². The summed E-state index contributed by atoms with van der Waals surface area (Å²) < 4.78 is 5.90. The fraction of sp³-hybridized carbons (Fsp3) is 0.839. The highest BCUT2D eigenvalue weighted by atomic mass is 16.5. The summed E-state index contributed by atoms with van der Waals surface area (Å²) in [5.41, 5.74) is 0. The molecule has 0 aliphatic heterocycles. The fourth-order valence-corrected chi connectivity index (χ4v) is 9.12. The number of amides is 1. The van der Waals surface area contributed by atoms with Crippen LogP contribution in [0.15, 0.2) is 48.6 Å². The second-order valence-corrected chi connectivity index (χ2v) is 20.4. The van der Waals surface area contributed by atoms with Crippen LogP contribution in [0.5, 0.6) is 0 Å². The lowest BCUT2D eigenvalue weighted by atomic mass is 10.0. The van der Waals surface area contributed by atoms with E-state index in [-0.39, 0.29) is 24.9 Å². The van der Waals surface area contributed by atoms with Gasteiger partial charge in [0.15, 0.2) is 0 Å². The number of carbonyl (C=O) groups excluding carboxylic acids is 2. The van der Waals surface area contributed by atoms with Gasteiger partial charge in [0.05, 0.1) is 25.2 Å². The number of hydrogen-bond donors (Lipinski definition) is 3. The number of ether oxygens (including phenoxy) is 1. The Hall–Kier alpha value is -2.18. The highest BCUT2D eigenvalue weighted by Gasteiger charge is 2.23. The zero-order valence-corrected chi connectivity index (χ0v) is 45.5. The maximum absolute atomic E-state index is 13.3. The summed E-state index contributed by atoms with van der Waals surface area (Å²) in [6, 6.07) is -0.730. The minimum Gasteiger partial charge on any atom is -0.461 e. The highest BCUT2D eigenvalue weighted by molar-refractivity contribution is 5.77. The van der Waals surface area contributed by atoms with Crippen LogP contribution in [-0.4, -0.2) is 46.9 Å². The van der Waals surface area contributed by atoms with Gasteiger partial charge in [-0.1, -0.05) is 294 Å². The van der Waals surface area contributed by atoms with Gasteiger partial charge in [-0.3, -0.25) is 9.59 Å². The molecule has 0 radical (unpaired) electrons. The molecule has 6 nitrogen and oxygen atoms in total. The summed E-state index contributed by atoms with van der Waals surface area (Å²) in [5, 5.41) is 23.9. The molecule has 0 spiro atoms. The minimum atomic E-state index is -0.810. The van der Waals surface area contributed by atoms with Crippen molar-refractivity contribution in [3.63, 3.8) is 0 Å². The summed E-state index contributed by atoms with van der Waals surface area (Å²) in [6.07, 6.45) is 69.1. The Bertz CT molecular complexity index is 1160. The van der Waals surface area contributed by atoms with Crippen molar-refractivity contribution in [3.8, 4) is 0 Å². The van der Waals surface area contributed by atoms with Crippen LogP contribution in [0.2, 0.25) is 0 Å². The average molecular weight is 955 g/mol. The monoisotopic (exact) mass is 954 g/mol. The van der Waals surface area contributed by atoms with E-state index in [0.717, 1.165) is 57.8 Å². The Kier molecular flexibility index (Phi) is 54.0. The summed E-state index contributed by atoms with van der Waals surface area (Å²) in [4.78, 5) is 26.3. The molecule has 0 aliphatic carbocycles. The van der Waals surface area contributed by atoms with E-state index in [1.807, 2.05) is 6.08 Å². The third-order valence-corrected chi connectivity index (χ3v) is 13.7. The van der Waals surface area contributed by atoms with Crippen molar-refractivity contribution < 1.29 is 24.5 Å². The molecule has 0 aromatic heterocycles. The maximum Gasteiger partial charge on any atom is 0.306 e. The molecule has 0 saturated heterocycles. The first kappa shape index (κ1) is 65.8. The van der Waals surface area contributed by atoms with Gasteiger partial charge >= 0.3 is 5.97 Å². The van der Waals surface area contributed by atoms with Crippen molar-refractivity contribution in [2.45, 2.75) is 328 Å². The van der Waals surface area contributed by atoms with Crippen LogP contribution in [-0.2, 0) is 14.3 Å². The summed E-state index contributed by atoms with van der Waals surface area (Å²) in [7, 11) is 0. The number of carbonyl (C=O) groups is 2. The Balaban J connectivity index is 4.60. The van der Waals surface area contributed by atoms with Crippen LogP contribution in [0.4, 0.5) is 0 Å². The molecule has 0 rings (SSSR count). The van der Waals surface area contributed by atoms with Gasteiger partial charge in [0.1, 0.15) is 6.10 Å². The van der Waals surface area contributed by atoms with Gasteiger partial charge in [-0.05, 0) is 44.9 Å². The Labute approximate surface area is 423 Å². The molecule has 398 valence electrons. The van der Waals surface area contributed by atoms with Crippen LogP contribution in [0, 0.1) is 0 Å². The number of aliphatic hydroxyl groups excluding tert-OH is 2. The lowest BCUT2D eigenvalue weighted by Gasteiger charge is -2.24. The molecule has 3 unspecified atom stereocenters. The second kappa shape index (κ2) is 55.7. The lowest BCUT2D eigenvalue weighted by Crippen LogP contribution is -2.46. The molecule has 6 heteroatoms. The van der Waals surface area contributed by atoms with E-state index in [9.17, 15) is 19.8 Å². The third kappa shape index (κ3) is 50.2. The van der Waals surface area contributed by atoms with E-state index in [1.54, 1.807) is 0 Å². The summed E-state index contributed by atoms with van der Waals surface area (Å²) in [5.74, 6) is -0.561. The van der Waals surface area contributed by atoms with Gasteiger partial charge in [-0.15, -0.1) is 0 Å². The van der Waals surface area contributed by atoms with E-state index < -0.39 is 18.2 Å². The van der Waals surface area contributed by atoms with Gasteiger partial charge < -0.3 is 20.3 Å². The molecular formula is C62H115NO5. The van der Waals surface area contributed by atoms with E-state index in [0.29, 0.717) is 19.3 Å². The summed E-state index contributed by atoms with van der Waals surface area (Å²) in [6.45, 7) is 6.47. The van der Waals surface area contributed by atoms with Crippen molar-refractivity contribution >= 4 is 11.9 Å². The minimum absolute atomic E-state index is 0.00512.